The smallest absolute Gasteiger partial charge is 0.408 e. The van der Waals surface area contributed by atoms with Crippen LogP contribution in [0.15, 0.2) is 53.0 Å². The molecule has 0 aliphatic heterocycles. The van der Waals surface area contributed by atoms with E-state index in [-0.39, 0.29) is 12.5 Å². The Bertz CT molecular complexity index is 909. The van der Waals surface area contributed by atoms with E-state index in [2.05, 4.69) is 31.9 Å². The van der Waals surface area contributed by atoms with Crippen molar-refractivity contribution in [2.45, 2.75) is 39.2 Å². The summed E-state index contributed by atoms with van der Waals surface area (Å²) in [4.78, 5) is 36.2. The predicted molar refractivity (Wildman–Crippen MR) is 120 cm³/mol. The van der Waals surface area contributed by atoms with Gasteiger partial charge in [0.2, 0.25) is 11.8 Å². The fourth-order valence-electron chi connectivity index (χ4n) is 2.52. The van der Waals surface area contributed by atoms with Gasteiger partial charge >= 0.3 is 6.09 Å². The molecule has 8 heteroatoms. The molecule has 0 saturated carbocycles. The quantitative estimate of drug-likeness (QED) is 0.549. The Hall–Kier alpha value is -2.87. The van der Waals surface area contributed by atoms with Crippen LogP contribution in [0.5, 0.6) is 0 Å². The van der Waals surface area contributed by atoms with Crippen LogP contribution in [0.4, 0.5) is 16.2 Å². The molecular formula is C22H26BrN3O4. The summed E-state index contributed by atoms with van der Waals surface area (Å²) in [6.07, 6.45) is 0.207. The number of carbonyl (C=O) groups excluding carboxylic acids is 3. The van der Waals surface area contributed by atoms with Crippen molar-refractivity contribution < 1.29 is 19.1 Å². The molecule has 0 aromatic heterocycles. The number of amides is 3. The Balaban J connectivity index is 1.89. The van der Waals surface area contributed by atoms with Crippen LogP contribution in [-0.4, -0.2) is 30.1 Å². The minimum atomic E-state index is -0.675. The molecule has 160 valence electrons. The largest absolute Gasteiger partial charge is 0.444 e. The predicted octanol–water partition coefficient (Wildman–Crippen LogP) is 4.48. The van der Waals surface area contributed by atoms with E-state index in [4.69, 9.17) is 4.74 Å². The number of hydrogen-bond acceptors (Lipinski definition) is 4. The molecule has 0 aliphatic carbocycles. The zero-order valence-corrected chi connectivity index (χ0v) is 18.8. The van der Waals surface area contributed by atoms with Crippen molar-refractivity contribution in [2.75, 3.05) is 17.2 Å². The van der Waals surface area contributed by atoms with E-state index in [1.54, 1.807) is 45.0 Å². The summed E-state index contributed by atoms with van der Waals surface area (Å²) in [5.74, 6) is -0.602. The third-order valence-corrected chi connectivity index (χ3v) is 4.62. The van der Waals surface area contributed by atoms with Gasteiger partial charge in [-0.05, 0) is 51.0 Å². The zero-order valence-electron chi connectivity index (χ0n) is 17.3. The van der Waals surface area contributed by atoms with E-state index in [9.17, 15) is 14.4 Å². The molecule has 0 saturated heterocycles. The summed E-state index contributed by atoms with van der Waals surface area (Å²) in [6.45, 7) is 4.96. The monoisotopic (exact) mass is 475 g/mol. The number of halogens is 1. The third kappa shape index (κ3) is 8.24. The van der Waals surface area contributed by atoms with E-state index >= 15 is 0 Å². The second kappa shape index (κ2) is 10.8. The van der Waals surface area contributed by atoms with Crippen LogP contribution >= 0.6 is 15.9 Å². The van der Waals surface area contributed by atoms with Crippen molar-refractivity contribution in [1.29, 1.82) is 0 Å². The fraction of sp³-hybridized carbons (Fsp3) is 0.318. The molecule has 0 radical (unpaired) electrons. The molecule has 3 N–H and O–H groups in total. The highest BCUT2D eigenvalue weighted by Crippen LogP contribution is 2.22. The average Bonchev–Trinajstić information content (AvgIpc) is 2.66. The van der Waals surface area contributed by atoms with Crippen LogP contribution in [0.1, 0.15) is 32.8 Å². The number of nitrogens with one attached hydrogen (secondary N) is 3. The number of rotatable bonds is 7. The van der Waals surface area contributed by atoms with Crippen LogP contribution in [0.2, 0.25) is 0 Å². The number of benzene rings is 2. The second-order valence-corrected chi connectivity index (χ2v) is 8.44. The van der Waals surface area contributed by atoms with Crippen LogP contribution < -0.4 is 16.0 Å². The maximum atomic E-state index is 12.4. The Morgan fingerprint density at radius 1 is 0.900 bits per heavy atom. The minimum absolute atomic E-state index is 0.167. The van der Waals surface area contributed by atoms with Crippen LogP contribution in [-0.2, 0) is 20.7 Å². The van der Waals surface area contributed by atoms with Gasteiger partial charge in [0.05, 0.1) is 11.4 Å². The first-order valence-electron chi connectivity index (χ1n) is 9.53. The molecule has 0 atom stereocenters. The molecule has 0 bridgehead atoms. The number of hydrogen-bond donors (Lipinski definition) is 3. The Morgan fingerprint density at radius 2 is 1.47 bits per heavy atom. The summed E-state index contributed by atoms with van der Waals surface area (Å²) in [5, 5.41) is 7.90. The molecule has 0 aliphatic rings. The van der Waals surface area contributed by atoms with Gasteiger partial charge in [0.1, 0.15) is 12.1 Å². The van der Waals surface area contributed by atoms with Crippen molar-refractivity contribution >= 4 is 45.2 Å². The molecule has 30 heavy (non-hydrogen) atoms. The molecule has 0 spiro atoms. The summed E-state index contributed by atoms with van der Waals surface area (Å²) in [7, 11) is 0. The fourth-order valence-corrected chi connectivity index (χ4v) is 3.01. The number of ether oxygens (including phenoxy) is 1. The Morgan fingerprint density at radius 3 is 2.07 bits per heavy atom. The number of carbonyl (C=O) groups is 3. The number of anilines is 2. The number of alkyl carbamates (subject to hydrolysis) is 1. The molecule has 2 aromatic carbocycles. The minimum Gasteiger partial charge on any atom is -0.444 e. The Labute approximate surface area is 184 Å². The third-order valence-electron chi connectivity index (χ3n) is 3.85. The van der Waals surface area contributed by atoms with Gasteiger partial charge in [-0.25, -0.2) is 4.79 Å². The van der Waals surface area contributed by atoms with Crippen molar-refractivity contribution in [3.05, 3.63) is 58.6 Å². The molecular weight excluding hydrogens is 450 g/mol. The molecule has 7 nitrogen and oxygen atoms in total. The zero-order chi connectivity index (χ0) is 22.1. The first kappa shape index (κ1) is 23.4. The highest BCUT2D eigenvalue weighted by molar-refractivity contribution is 9.10. The van der Waals surface area contributed by atoms with Crippen molar-refractivity contribution in [3.8, 4) is 0 Å². The van der Waals surface area contributed by atoms with Crippen molar-refractivity contribution in [1.82, 2.24) is 5.32 Å². The Kier molecular flexibility index (Phi) is 8.41. The van der Waals surface area contributed by atoms with Gasteiger partial charge in [-0.2, -0.15) is 0 Å². The summed E-state index contributed by atoms with van der Waals surface area (Å²) >= 11 is 3.47. The van der Waals surface area contributed by atoms with Gasteiger partial charge in [-0.15, -0.1) is 0 Å². The van der Waals surface area contributed by atoms with Crippen LogP contribution in [0.25, 0.3) is 0 Å². The molecule has 0 heterocycles. The first-order valence-corrected chi connectivity index (χ1v) is 10.3. The molecule has 0 unspecified atom stereocenters. The van der Waals surface area contributed by atoms with E-state index < -0.39 is 17.6 Å². The van der Waals surface area contributed by atoms with Gasteiger partial charge in [-0.1, -0.05) is 46.3 Å². The lowest BCUT2D eigenvalue weighted by molar-refractivity contribution is -0.116. The lowest BCUT2D eigenvalue weighted by atomic mass is 10.1. The summed E-state index contributed by atoms with van der Waals surface area (Å²) in [5.41, 5.74) is 1.33. The maximum Gasteiger partial charge on any atom is 0.408 e. The topological polar surface area (TPSA) is 96.5 Å². The van der Waals surface area contributed by atoms with E-state index in [1.165, 1.54) is 0 Å². The average molecular weight is 476 g/mol. The standard InChI is InChI=1S/C22H26BrN3O4/c1-22(2,3)30-21(29)24-14-20(28)26-18-11-7-6-10-17(18)25-19(27)13-12-15-8-4-5-9-16(15)23/h4-11H,12-14H2,1-3H3,(H,24,29)(H,25,27)(H,26,28). The van der Waals surface area contributed by atoms with Gasteiger partial charge < -0.3 is 20.7 Å². The van der Waals surface area contributed by atoms with Gasteiger partial charge in [0, 0.05) is 10.9 Å². The summed E-state index contributed by atoms with van der Waals surface area (Å²) < 4.78 is 6.06. The van der Waals surface area contributed by atoms with E-state index in [0.29, 0.717) is 24.2 Å². The van der Waals surface area contributed by atoms with E-state index in [0.717, 1.165) is 10.0 Å². The lowest BCUT2D eigenvalue weighted by Gasteiger charge is -2.19. The SMILES string of the molecule is CC(C)(C)OC(=O)NCC(=O)Nc1ccccc1NC(=O)CCc1ccccc1Br. The maximum absolute atomic E-state index is 12.4. The normalized spacial score (nSPS) is 10.8. The molecule has 0 fully saturated rings. The molecule has 3 amide bonds. The van der Waals surface area contributed by atoms with Crippen molar-refractivity contribution in [2.24, 2.45) is 0 Å². The second-order valence-electron chi connectivity index (χ2n) is 7.59. The van der Waals surface area contributed by atoms with Crippen molar-refractivity contribution in [3.63, 3.8) is 0 Å². The molecule has 2 aromatic rings. The van der Waals surface area contributed by atoms with Crippen LogP contribution in [0.3, 0.4) is 0 Å². The number of aryl methyl sites for hydroxylation is 1. The van der Waals surface area contributed by atoms with Gasteiger partial charge in [-0.3, -0.25) is 9.59 Å². The highest BCUT2D eigenvalue weighted by atomic mass is 79.9. The number of para-hydroxylation sites is 2. The van der Waals surface area contributed by atoms with Gasteiger partial charge in [0.25, 0.3) is 0 Å². The van der Waals surface area contributed by atoms with Gasteiger partial charge in [0.15, 0.2) is 0 Å². The first-order chi connectivity index (χ1) is 14.1. The lowest BCUT2D eigenvalue weighted by Crippen LogP contribution is -2.37. The van der Waals surface area contributed by atoms with Crippen LogP contribution in [0, 0.1) is 0 Å². The van der Waals surface area contributed by atoms with E-state index in [1.807, 2.05) is 24.3 Å². The molecule has 2 rings (SSSR count). The highest BCUT2D eigenvalue weighted by Gasteiger charge is 2.17. The summed E-state index contributed by atoms with van der Waals surface area (Å²) in [6, 6.07) is 14.6.